The molecule has 0 unspecified atom stereocenters. The van der Waals surface area contributed by atoms with Crippen molar-refractivity contribution in [3.63, 3.8) is 0 Å². The van der Waals surface area contributed by atoms with Crippen LogP contribution in [0.5, 0.6) is 5.75 Å². The number of anilines is 1. The maximum Gasteiger partial charge on any atom is 0.344 e. The van der Waals surface area contributed by atoms with Crippen LogP contribution in [0.15, 0.2) is 60.2 Å². The molecule has 7 nitrogen and oxygen atoms in total. The standard InChI is InChI=1S/C20H16N2O5S/c1-12(19(25)26)27-15-9-7-13(8-10-15)11-16-17(23)21-20(28)22(18(16)24)14-5-3-2-4-6-14/h2-12H,1H3,(H,25,26)(H,21,23,28)/b16-11-/t12-/m1/s1. The first-order valence-electron chi connectivity index (χ1n) is 8.33. The molecule has 28 heavy (non-hydrogen) atoms. The minimum Gasteiger partial charge on any atom is -0.479 e. The largest absolute Gasteiger partial charge is 0.479 e. The van der Waals surface area contributed by atoms with E-state index in [2.05, 4.69) is 5.32 Å². The van der Waals surface area contributed by atoms with Crippen LogP contribution in [0.3, 0.4) is 0 Å². The van der Waals surface area contributed by atoms with E-state index in [4.69, 9.17) is 22.1 Å². The number of aliphatic carboxylic acids is 1. The average molecular weight is 396 g/mol. The van der Waals surface area contributed by atoms with Crippen molar-refractivity contribution in [2.75, 3.05) is 4.90 Å². The number of ether oxygens (including phenoxy) is 1. The quantitative estimate of drug-likeness (QED) is 0.458. The molecule has 2 aromatic rings. The van der Waals surface area contributed by atoms with Crippen LogP contribution in [0.25, 0.3) is 6.08 Å². The lowest BCUT2D eigenvalue weighted by atomic mass is 10.1. The third-order valence-corrected chi connectivity index (χ3v) is 4.25. The zero-order valence-corrected chi connectivity index (χ0v) is 15.6. The van der Waals surface area contributed by atoms with Gasteiger partial charge >= 0.3 is 5.97 Å². The Morgan fingerprint density at radius 2 is 1.79 bits per heavy atom. The zero-order chi connectivity index (χ0) is 20.3. The molecule has 1 aliphatic rings. The van der Waals surface area contributed by atoms with Crippen molar-refractivity contribution in [3.8, 4) is 5.75 Å². The van der Waals surface area contributed by atoms with Crippen molar-refractivity contribution in [1.82, 2.24) is 5.32 Å². The van der Waals surface area contributed by atoms with Gasteiger partial charge in [-0.2, -0.15) is 0 Å². The predicted molar refractivity (Wildman–Crippen MR) is 107 cm³/mol. The lowest BCUT2D eigenvalue weighted by molar-refractivity contribution is -0.144. The van der Waals surface area contributed by atoms with Gasteiger partial charge in [0.1, 0.15) is 11.3 Å². The molecule has 2 N–H and O–H groups in total. The number of carboxylic acids is 1. The first-order valence-corrected chi connectivity index (χ1v) is 8.73. The summed E-state index contributed by atoms with van der Waals surface area (Å²) in [6.07, 6.45) is 0.454. The summed E-state index contributed by atoms with van der Waals surface area (Å²) in [5.74, 6) is -1.82. The molecule has 1 fully saturated rings. The molecular formula is C20H16N2O5S. The Morgan fingerprint density at radius 1 is 1.14 bits per heavy atom. The summed E-state index contributed by atoms with van der Waals surface area (Å²) < 4.78 is 5.26. The highest BCUT2D eigenvalue weighted by molar-refractivity contribution is 7.80. The number of para-hydroxylation sites is 1. The van der Waals surface area contributed by atoms with E-state index in [1.807, 2.05) is 6.07 Å². The Bertz CT molecular complexity index is 970. The fraction of sp³-hybridized carbons (Fsp3) is 0.100. The number of benzene rings is 2. The summed E-state index contributed by atoms with van der Waals surface area (Å²) in [6.45, 7) is 1.42. The van der Waals surface area contributed by atoms with E-state index in [0.717, 1.165) is 0 Å². The highest BCUT2D eigenvalue weighted by Crippen LogP contribution is 2.22. The fourth-order valence-corrected chi connectivity index (χ4v) is 2.81. The molecule has 1 heterocycles. The second kappa shape index (κ2) is 8.01. The molecule has 0 aliphatic carbocycles. The third kappa shape index (κ3) is 4.07. The van der Waals surface area contributed by atoms with Crippen molar-refractivity contribution in [2.45, 2.75) is 13.0 Å². The van der Waals surface area contributed by atoms with Crippen LogP contribution < -0.4 is 15.0 Å². The zero-order valence-electron chi connectivity index (χ0n) is 14.8. The van der Waals surface area contributed by atoms with Crippen LogP contribution in [0.4, 0.5) is 5.69 Å². The Hall–Kier alpha value is -3.52. The van der Waals surface area contributed by atoms with Gasteiger partial charge in [-0.05, 0) is 55.0 Å². The smallest absolute Gasteiger partial charge is 0.344 e. The van der Waals surface area contributed by atoms with Crippen LogP contribution in [-0.4, -0.2) is 34.1 Å². The molecule has 1 saturated heterocycles. The minimum atomic E-state index is -1.08. The second-order valence-electron chi connectivity index (χ2n) is 5.96. The maximum absolute atomic E-state index is 12.9. The number of amides is 2. The number of nitrogens with zero attached hydrogens (tertiary/aromatic N) is 1. The molecular weight excluding hydrogens is 380 g/mol. The normalized spacial score (nSPS) is 16.7. The summed E-state index contributed by atoms with van der Waals surface area (Å²) in [5.41, 5.74) is 1.06. The monoisotopic (exact) mass is 396 g/mol. The average Bonchev–Trinajstić information content (AvgIpc) is 2.67. The van der Waals surface area contributed by atoms with Gasteiger partial charge in [0.25, 0.3) is 11.8 Å². The van der Waals surface area contributed by atoms with Crippen molar-refractivity contribution in [2.24, 2.45) is 0 Å². The van der Waals surface area contributed by atoms with E-state index >= 15 is 0 Å². The SMILES string of the molecule is C[C@@H](Oc1ccc(/C=C2/C(=O)NC(=S)N(c3ccccc3)C2=O)cc1)C(=O)O. The van der Waals surface area contributed by atoms with E-state index in [9.17, 15) is 14.4 Å². The van der Waals surface area contributed by atoms with E-state index < -0.39 is 23.9 Å². The van der Waals surface area contributed by atoms with Gasteiger partial charge in [0.15, 0.2) is 11.2 Å². The number of rotatable bonds is 5. The first-order chi connectivity index (χ1) is 13.4. The molecule has 2 amide bonds. The maximum atomic E-state index is 12.9. The van der Waals surface area contributed by atoms with E-state index in [1.54, 1.807) is 48.5 Å². The van der Waals surface area contributed by atoms with E-state index in [0.29, 0.717) is 17.0 Å². The number of carbonyl (C=O) groups excluding carboxylic acids is 2. The Morgan fingerprint density at radius 3 is 2.39 bits per heavy atom. The highest BCUT2D eigenvalue weighted by atomic mass is 32.1. The van der Waals surface area contributed by atoms with Crippen LogP contribution in [0.1, 0.15) is 12.5 Å². The molecule has 2 aromatic carbocycles. The molecule has 1 atom stereocenters. The highest BCUT2D eigenvalue weighted by Gasteiger charge is 2.34. The first kappa shape index (κ1) is 19.2. The molecule has 0 spiro atoms. The lowest BCUT2D eigenvalue weighted by Crippen LogP contribution is -2.54. The summed E-state index contributed by atoms with van der Waals surface area (Å²) >= 11 is 5.14. The van der Waals surface area contributed by atoms with Gasteiger partial charge in [-0.15, -0.1) is 0 Å². The number of hydrogen-bond donors (Lipinski definition) is 2. The van der Waals surface area contributed by atoms with Gasteiger partial charge < -0.3 is 9.84 Å². The van der Waals surface area contributed by atoms with Crippen molar-refractivity contribution < 1.29 is 24.2 Å². The third-order valence-electron chi connectivity index (χ3n) is 3.97. The lowest BCUT2D eigenvalue weighted by Gasteiger charge is -2.28. The van der Waals surface area contributed by atoms with Gasteiger partial charge in [-0.25, -0.2) is 4.79 Å². The van der Waals surface area contributed by atoms with Gasteiger partial charge in [0.05, 0.1) is 5.69 Å². The molecule has 3 rings (SSSR count). The summed E-state index contributed by atoms with van der Waals surface area (Å²) in [4.78, 5) is 37.2. The minimum absolute atomic E-state index is 0.0183. The summed E-state index contributed by atoms with van der Waals surface area (Å²) in [6, 6.07) is 15.2. The van der Waals surface area contributed by atoms with Gasteiger partial charge in [-0.1, -0.05) is 30.3 Å². The summed E-state index contributed by atoms with van der Waals surface area (Å²) in [7, 11) is 0. The number of carboxylic acid groups (broad SMARTS) is 1. The molecule has 0 bridgehead atoms. The number of thiocarbonyl (C=S) groups is 1. The second-order valence-corrected chi connectivity index (χ2v) is 6.35. The van der Waals surface area contributed by atoms with Gasteiger partial charge in [-0.3, -0.25) is 19.8 Å². The van der Waals surface area contributed by atoms with E-state index in [-0.39, 0.29) is 10.7 Å². The molecule has 8 heteroatoms. The number of carbonyl (C=O) groups is 3. The predicted octanol–water partition coefficient (Wildman–Crippen LogP) is 2.37. The molecule has 0 saturated carbocycles. The molecule has 1 aliphatic heterocycles. The fourth-order valence-electron chi connectivity index (χ4n) is 2.53. The number of nitrogens with one attached hydrogen (secondary N) is 1. The van der Waals surface area contributed by atoms with Crippen LogP contribution in [0.2, 0.25) is 0 Å². The topological polar surface area (TPSA) is 95.9 Å². The van der Waals surface area contributed by atoms with Gasteiger partial charge in [0.2, 0.25) is 0 Å². The molecule has 0 radical (unpaired) electrons. The molecule has 0 aromatic heterocycles. The van der Waals surface area contributed by atoms with Crippen molar-refractivity contribution in [1.29, 1.82) is 0 Å². The Labute approximate surface area is 166 Å². The van der Waals surface area contributed by atoms with Crippen LogP contribution >= 0.6 is 12.2 Å². The Balaban J connectivity index is 1.86. The molecule has 142 valence electrons. The van der Waals surface area contributed by atoms with Crippen molar-refractivity contribution >= 4 is 46.9 Å². The van der Waals surface area contributed by atoms with Crippen molar-refractivity contribution in [3.05, 3.63) is 65.7 Å². The summed E-state index contributed by atoms with van der Waals surface area (Å²) in [5, 5.41) is 11.4. The number of hydrogen-bond acceptors (Lipinski definition) is 5. The Kier molecular flexibility index (Phi) is 5.51. The van der Waals surface area contributed by atoms with E-state index in [1.165, 1.54) is 17.9 Å². The van der Waals surface area contributed by atoms with Crippen LogP contribution in [0, 0.1) is 0 Å². The van der Waals surface area contributed by atoms with Crippen LogP contribution in [-0.2, 0) is 14.4 Å². The van der Waals surface area contributed by atoms with Gasteiger partial charge in [0, 0.05) is 0 Å².